The zero-order chi connectivity index (χ0) is 26.2. The van der Waals surface area contributed by atoms with E-state index in [9.17, 15) is 4.79 Å². The Morgan fingerprint density at radius 1 is 1.14 bits per heavy atom. The fourth-order valence-corrected chi connectivity index (χ4v) is 4.59. The number of H-pyrrole nitrogens is 1. The van der Waals surface area contributed by atoms with Gasteiger partial charge >= 0.3 is 0 Å². The summed E-state index contributed by atoms with van der Waals surface area (Å²) >= 11 is 0. The molecular weight excluding hydrogens is 466 g/mol. The molecule has 9 heteroatoms. The Bertz CT molecular complexity index is 1570. The zero-order valence-corrected chi connectivity index (χ0v) is 21.7. The Morgan fingerprint density at radius 2 is 1.97 bits per heavy atom. The van der Waals surface area contributed by atoms with E-state index in [0.717, 1.165) is 28.5 Å². The second-order valence-electron chi connectivity index (χ2n) is 10.2. The highest BCUT2D eigenvalue weighted by molar-refractivity contribution is 5.79. The minimum absolute atomic E-state index is 0.215. The molecule has 2 atom stereocenters. The fraction of sp³-hybridized carbons (Fsp3) is 0.321. The van der Waals surface area contributed by atoms with Crippen molar-refractivity contribution < 1.29 is 4.42 Å². The number of pyridine rings is 2. The molecule has 0 bridgehead atoms. The van der Waals surface area contributed by atoms with E-state index in [2.05, 4.69) is 51.6 Å². The maximum Gasteiger partial charge on any atom is 0.253 e. The first-order valence-corrected chi connectivity index (χ1v) is 12.4. The summed E-state index contributed by atoms with van der Waals surface area (Å²) in [5.74, 6) is 1.21. The smallest absolute Gasteiger partial charge is 0.253 e. The van der Waals surface area contributed by atoms with Crippen molar-refractivity contribution in [1.82, 2.24) is 35.5 Å². The van der Waals surface area contributed by atoms with Crippen molar-refractivity contribution >= 4 is 10.9 Å². The Kier molecular flexibility index (Phi) is 6.25. The van der Waals surface area contributed by atoms with Gasteiger partial charge in [0.15, 0.2) is 5.82 Å². The lowest BCUT2D eigenvalue weighted by atomic mass is 9.88. The van der Waals surface area contributed by atoms with Gasteiger partial charge in [0.05, 0.1) is 11.8 Å². The first-order chi connectivity index (χ1) is 17.7. The first kappa shape index (κ1) is 24.6. The topological polar surface area (TPSA) is 115 Å². The molecule has 0 spiro atoms. The van der Waals surface area contributed by atoms with Gasteiger partial charge in [-0.15, -0.1) is 5.10 Å². The van der Waals surface area contributed by atoms with Gasteiger partial charge in [-0.2, -0.15) is 0 Å². The summed E-state index contributed by atoms with van der Waals surface area (Å²) in [5, 5.41) is 17.4. The molecule has 2 unspecified atom stereocenters. The number of hydrogen-bond donors (Lipinski definition) is 2. The van der Waals surface area contributed by atoms with E-state index in [1.807, 2.05) is 62.4 Å². The first-order valence-electron chi connectivity index (χ1n) is 12.4. The van der Waals surface area contributed by atoms with Crippen LogP contribution in [0.2, 0.25) is 0 Å². The zero-order valence-electron chi connectivity index (χ0n) is 21.7. The highest BCUT2D eigenvalue weighted by Crippen LogP contribution is 2.35. The van der Waals surface area contributed by atoms with Crippen LogP contribution in [0.25, 0.3) is 10.9 Å². The third-order valence-electron chi connectivity index (χ3n) is 7.22. The van der Waals surface area contributed by atoms with Crippen molar-refractivity contribution in [2.45, 2.75) is 58.2 Å². The number of aromatic nitrogens is 6. The van der Waals surface area contributed by atoms with Gasteiger partial charge in [-0.05, 0) is 91.4 Å². The maximum atomic E-state index is 13.6. The Balaban J connectivity index is 1.75. The van der Waals surface area contributed by atoms with Crippen LogP contribution in [0.15, 0.2) is 76.4 Å². The summed E-state index contributed by atoms with van der Waals surface area (Å²) in [5.41, 5.74) is 1.77. The molecule has 1 aromatic carbocycles. The van der Waals surface area contributed by atoms with Gasteiger partial charge in [-0.1, -0.05) is 25.1 Å². The highest BCUT2D eigenvalue weighted by atomic mass is 16.3. The lowest BCUT2D eigenvalue weighted by Gasteiger charge is -2.35. The molecule has 9 nitrogen and oxygen atoms in total. The number of benzene rings is 1. The number of fused-ring (bicyclic) bond motifs is 1. The van der Waals surface area contributed by atoms with Gasteiger partial charge in [0.2, 0.25) is 0 Å². The van der Waals surface area contributed by atoms with Gasteiger partial charge < -0.3 is 9.40 Å². The van der Waals surface area contributed by atoms with Crippen LogP contribution >= 0.6 is 0 Å². The summed E-state index contributed by atoms with van der Waals surface area (Å²) < 4.78 is 7.71. The quantitative estimate of drug-likeness (QED) is 0.322. The van der Waals surface area contributed by atoms with Crippen molar-refractivity contribution in [3.05, 3.63) is 106 Å². The van der Waals surface area contributed by atoms with E-state index in [4.69, 9.17) is 4.42 Å². The third kappa shape index (κ3) is 4.46. The van der Waals surface area contributed by atoms with Crippen molar-refractivity contribution in [2.24, 2.45) is 0 Å². The molecule has 0 aliphatic carbocycles. The number of furan rings is 1. The van der Waals surface area contributed by atoms with Crippen LogP contribution in [0, 0.1) is 6.92 Å². The largest absolute Gasteiger partial charge is 0.467 e. The van der Waals surface area contributed by atoms with Crippen LogP contribution in [-0.4, -0.2) is 30.2 Å². The Morgan fingerprint density at radius 3 is 2.68 bits per heavy atom. The molecule has 0 aliphatic rings. The molecule has 0 saturated carbocycles. The molecule has 5 aromatic rings. The summed E-state index contributed by atoms with van der Waals surface area (Å²) in [7, 11) is 0. The molecule has 37 heavy (non-hydrogen) atoms. The summed E-state index contributed by atoms with van der Waals surface area (Å²) in [6.45, 7) is 10.2. The van der Waals surface area contributed by atoms with E-state index in [1.54, 1.807) is 23.3 Å². The molecule has 0 radical (unpaired) electrons. The number of nitrogens with zero attached hydrogens (tertiary/aromatic N) is 5. The molecule has 0 amide bonds. The average Bonchev–Trinajstić information content (AvgIpc) is 3.61. The SMILES string of the molecule is CCC(C)(C)n1nnnc1C(NC(C)(c1cccnc1)c1ccco1)c1cc2ccc(C)cc2[nH]c1=O. The Labute approximate surface area is 214 Å². The van der Waals surface area contributed by atoms with Crippen molar-refractivity contribution in [1.29, 1.82) is 0 Å². The third-order valence-corrected chi connectivity index (χ3v) is 7.22. The van der Waals surface area contributed by atoms with Gasteiger partial charge in [-0.25, -0.2) is 4.68 Å². The van der Waals surface area contributed by atoms with Gasteiger partial charge in [0.1, 0.15) is 17.3 Å². The van der Waals surface area contributed by atoms with Crippen LogP contribution in [0.1, 0.15) is 68.4 Å². The van der Waals surface area contributed by atoms with Gasteiger partial charge in [-0.3, -0.25) is 15.1 Å². The minimum atomic E-state index is -0.857. The predicted octanol–water partition coefficient (Wildman–Crippen LogP) is 4.60. The summed E-state index contributed by atoms with van der Waals surface area (Å²) in [4.78, 5) is 21.0. The van der Waals surface area contributed by atoms with E-state index in [1.165, 1.54) is 0 Å². The fourth-order valence-electron chi connectivity index (χ4n) is 4.59. The lowest BCUT2D eigenvalue weighted by Crippen LogP contribution is -2.46. The van der Waals surface area contributed by atoms with Crippen LogP contribution in [0.3, 0.4) is 0 Å². The average molecular weight is 498 g/mol. The minimum Gasteiger partial charge on any atom is -0.467 e. The molecule has 2 N–H and O–H groups in total. The van der Waals surface area contributed by atoms with Crippen molar-refractivity contribution in [3.63, 3.8) is 0 Å². The predicted molar refractivity (Wildman–Crippen MR) is 141 cm³/mol. The second kappa shape index (κ2) is 9.40. The van der Waals surface area contributed by atoms with E-state index < -0.39 is 11.6 Å². The van der Waals surface area contributed by atoms with Crippen molar-refractivity contribution in [3.8, 4) is 0 Å². The van der Waals surface area contributed by atoms with Gasteiger partial charge in [0.25, 0.3) is 5.56 Å². The molecule has 4 aromatic heterocycles. The number of aromatic amines is 1. The van der Waals surface area contributed by atoms with Crippen LogP contribution in [0.5, 0.6) is 0 Å². The number of nitrogens with one attached hydrogen (secondary N) is 2. The number of rotatable bonds is 8. The molecule has 0 fully saturated rings. The molecule has 0 saturated heterocycles. The molecule has 190 valence electrons. The van der Waals surface area contributed by atoms with E-state index in [-0.39, 0.29) is 11.1 Å². The standard InChI is InChI=1S/C28H31N7O2/c1-6-27(3,4)35-25(32-33-34-35)24(21-16-19-12-11-18(2)15-22(19)30-26(21)36)31-28(5,23-10-8-14-37-23)20-9-7-13-29-17-20/h7-17,24,31H,6H2,1-5H3,(H,30,36). The van der Waals surface area contributed by atoms with E-state index in [0.29, 0.717) is 17.1 Å². The molecule has 4 heterocycles. The molecule has 5 rings (SSSR count). The summed E-state index contributed by atoms with van der Waals surface area (Å²) in [6.07, 6.45) is 5.95. The van der Waals surface area contributed by atoms with Crippen LogP contribution in [-0.2, 0) is 11.1 Å². The van der Waals surface area contributed by atoms with Crippen molar-refractivity contribution in [2.75, 3.05) is 0 Å². The molecular formula is C28H31N7O2. The second-order valence-corrected chi connectivity index (χ2v) is 10.2. The lowest BCUT2D eigenvalue weighted by molar-refractivity contribution is 0.267. The number of tetrazole rings is 1. The van der Waals surface area contributed by atoms with Crippen LogP contribution in [0.4, 0.5) is 0 Å². The maximum absolute atomic E-state index is 13.6. The number of hydrogen-bond acceptors (Lipinski definition) is 7. The number of aryl methyl sites for hydroxylation is 1. The molecule has 0 aliphatic heterocycles. The monoisotopic (exact) mass is 497 g/mol. The van der Waals surface area contributed by atoms with Gasteiger partial charge in [0, 0.05) is 23.5 Å². The van der Waals surface area contributed by atoms with E-state index >= 15 is 0 Å². The Hall–Kier alpha value is -4.11. The summed E-state index contributed by atoms with van der Waals surface area (Å²) in [6, 6.07) is 14.8. The normalized spacial score (nSPS) is 14.5. The highest BCUT2D eigenvalue weighted by Gasteiger charge is 2.39. The van der Waals surface area contributed by atoms with Crippen LogP contribution < -0.4 is 10.9 Å².